The second-order valence-corrected chi connectivity index (χ2v) is 7.64. The highest BCUT2D eigenvalue weighted by atomic mass is 32.2. The number of sulfonamides is 1. The van der Waals surface area contributed by atoms with Gasteiger partial charge in [0.25, 0.3) is 21.5 Å². The molecule has 134 valence electrons. The van der Waals surface area contributed by atoms with Crippen LogP contribution in [0.1, 0.15) is 11.1 Å². The van der Waals surface area contributed by atoms with Crippen molar-refractivity contribution in [1.29, 1.82) is 0 Å². The van der Waals surface area contributed by atoms with Crippen LogP contribution in [0, 0.1) is 13.8 Å². The van der Waals surface area contributed by atoms with Gasteiger partial charge in [0.05, 0.1) is 16.5 Å². The molecule has 1 N–H and O–H groups in total. The third kappa shape index (κ3) is 3.50. The third-order valence-electron chi connectivity index (χ3n) is 3.92. The summed E-state index contributed by atoms with van der Waals surface area (Å²) in [5.74, 6) is -0.838. The van der Waals surface area contributed by atoms with Crippen molar-refractivity contribution in [3.63, 3.8) is 0 Å². The Bertz CT molecular complexity index is 1170. The Hall–Kier alpha value is -3.00. The number of aromatic nitrogens is 2. The van der Waals surface area contributed by atoms with E-state index < -0.39 is 28.0 Å². The summed E-state index contributed by atoms with van der Waals surface area (Å²) in [5, 5.41) is 4.99. The second kappa shape index (κ2) is 6.72. The topological polar surface area (TPSA) is 98.1 Å². The van der Waals surface area contributed by atoms with Gasteiger partial charge in [0.2, 0.25) is 0 Å². The highest BCUT2D eigenvalue weighted by Crippen LogP contribution is 2.16. The van der Waals surface area contributed by atoms with Crippen molar-refractivity contribution < 1.29 is 13.2 Å². The smallest absolute Gasteiger partial charge is 0.272 e. The molecule has 0 radical (unpaired) electrons. The van der Waals surface area contributed by atoms with Gasteiger partial charge in [-0.05, 0) is 31.5 Å². The highest BCUT2D eigenvalue weighted by molar-refractivity contribution is 7.90. The van der Waals surface area contributed by atoms with Gasteiger partial charge in [-0.1, -0.05) is 35.9 Å². The largest absolute Gasteiger partial charge is 0.275 e. The van der Waals surface area contributed by atoms with E-state index in [4.69, 9.17) is 0 Å². The number of aryl methyl sites for hydroxylation is 2. The number of carbonyl (C=O) groups is 1. The molecule has 2 aromatic carbocycles. The number of rotatable bonds is 4. The molecule has 0 aliphatic carbocycles. The van der Waals surface area contributed by atoms with E-state index in [9.17, 15) is 18.0 Å². The van der Waals surface area contributed by atoms with Crippen molar-refractivity contribution in [1.82, 2.24) is 14.5 Å². The normalized spacial score (nSPS) is 11.5. The van der Waals surface area contributed by atoms with E-state index >= 15 is 0 Å². The number of nitrogens with zero attached hydrogens (tertiary/aromatic N) is 2. The fourth-order valence-electron chi connectivity index (χ4n) is 2.71. The van der Waals surface area contributed by atoms with Crippen LogP contribution in [0.4, 0.5) is 0 Å². The molecule has 1 amide bonds. The molecule has 0 bridgehead atoms. The summed E-state index contributed by atoms with van der Waals surface area (Å²) in [5.41, 5.74) is 0.994. The summed E-state index contributed by atoms with van der Waals surface area (Å²) in [6.45, 7) is 3.01. The van der Waals surface area contributed by atoms with Crippen LogP contribution in [0.2, 0.25) is 0 Å². The summed E-state index contributed by atoms with van der Waals surface area (Å²) in [6.07, 6.45) is 1.46. The van der Waals surface area contributed by atoms with Gasteiger partial charge in [-0.3, -0.25) is 9.59 Å². The van der Waals surface area contributed by atoms with Crippen molar-refractivity contribution in [2.24, 2.45) is 0 Å². The van der Waals surface area contributed by atoms with E-state index in [-0.39, 0.29) is 4.90 Å². The number of hydrogen-bond donors (Lipinski definition) is 1. The van der Waals surface area contributed by atoms with Gasteiger partial charge in [0.1, 0.15) is 6.54 Å². The molecule has 1 aromatic heterocycles. The molecule has 0 saturated carbocycles. The molecule has 3 aromatic rings. The summed E-state index contributed by atoms with van der Waals surface area (Å²) in [4.78, 5) is 24.6. The first-order chi connectivity index (χ1) is 12.3. The zero-order chi connectivity index (χ0) is 18.9. The summed E-state index contributed by atoms with van der Waals surface area (Å²) >= 11 is 0. The molecular formula is C18H17N3O4S. The summed E-state index contributed by atoms with van der Waals surface area (Å²) in [7, 11) is -4.03. The number of fused-ring (bicyclic) bond motifs is 1. The summed E-state index contributed by atoms with van der Waals surface area (Å²) < 4.78 is 27.8. The standard InChI is InChI=1S/C18H17N3O4S/c1-12-7-8-16(13(2)9-12)26(24,25)20-17(22)11-21-18(23)15-6-4-3-5-14(15)10-19-21/h3-10H,11H2,1-2H3,(H,20,22). The monoisotopic (exact) mass is 371 g/mol. The minimum atomic E-state index is -4.03. The van der Waals surface area contributed by atoms with E-state index in [1.54, 1.807) is 43.3 Å². The number of carbonyl (C=O) groups excluding carboxylic acids is 1. The van der Waals surface area contributed by atoms with Crippen LogP contribution in [0.3, 0.4) is 0 Å². The predicted molar refractivity (Wildman–Crippen MR) is 97.2 cm³/mol. The van der Waals surface area contributed by atoms with Gasteiger partial charge in [0, 0.05) is 5.39 Å². The predicted octanol–water partition coefficient (Wildman–Crippen LogP) is 1.52. The minimum Gasteiger partial charge on any atom is -0.272 e. The van der Waals surface area contributed by atoms with Crippen molar-refractivity contribution in [2.75, 3.05) is 0 Å². The first-order valence-electron chi connectivity index (χ1n) is 7.86. The van der Waals surface area contributed by atoms with Crippen LogP contribution in [-0.2, 0) is 21.4 Å². The van der Waals surface area contributed by atoms with Gasteiger partial charge in [-0.15, -0.1) is 0 Å². The Labute approximate surface area is 150 Å². The molecule has 0 unspecified atom stereocenters. The molecule has 0 saturated heterocycles. The molecule has 3 rings (SSSR count). The Morgan fingerprint density at radius 3 is 2.62 bits per heavy atom. The average Bonchev–Trinajstić information content (AvgIpc) is 2.57. The lowest BCUT2D eigenvalue weighted by molar-refractivity contribution is -0.120. The van der Waals surface area contributed by atoms with Gasteiger partial charge < -0.3 is 0 Å². The van der Waals surface area contributed by atoms with Crippen LogP contribution in [-0.4, -0.2) is 24.1 Å². The maximum Gasteiger partial charge on any atom is 0.275 e. The van der Waals surface area contributed by atoms with Crippen LogP contribution in [0.5, 0.6) is 0 Å². The lowest BCUT2D eigenvalue weighted by atomic mass is 10.2. The molecule has 0 atom stereocenters. The summed E-state index contributed by atoms with van der Waals surface area (Å²) in [6, 6.07) is 11.7. The Kier molecular flexibility index (Phi) is 4.60. The number of benzene rings is 2. The molecular weight excluding hydrogens is 354 g/mol. The fourth-order valence-corrected chi connectivity index (χ4v) is 3.92. The van der Waals surface area contributed by atoms with Gasteiger partial charge in [0.15, 0.2) is 0 Å². The molecule has 1 heterocycles. The molecule has 7 nitrogen and oxygen atoms in total. The van der Waals surface area contributed by atoms with Crippen LogP contribution in [0.25, 0.3) is 10.8 Å². The average molecular weight is 371 g/mol. The van der Waals surface area contributed by atoms with E-state index in [2.05, 4.69) is 5.10 Å². The molecule has 0 spiro atoms. The Balaban J connectivity index is 1.85. The van der Waals surface area contributed by atoms with Crippen molar-refractivity contribution in [2.45, 2.75) is 25.3 Å². The molecule has 0 aliphatic heterocycles. The Morgan fingerprint density at radius 2 is 1.88 bits per heavy atom. The van der Waals surface area contributed by atoms with Gasteiger partial charge in [-0.2, -0.15) is 5.10 Å². The maximum absolute atomic E-state index is 12.4. The van der Waals surface area contributed by atoms with Gasteiger partial charge in [-0.25, -0.2) is 17.8 Å². The van der Waals surface area contributed by atoms with E-state index in [0.29, 0.717) is 16.3 Å². The van der Waals surface area contributed by atoms with E-state index in [1.807, 2.05) is 11.6 Å². The Morgan fingerprint density at radius 1 is 1.15 bits per heavy atom. The van der Waals surface area contributed by atoms with E-state index in [0.717, 1.165) is 10.2 Å². The lowest BCUT2D eigenvalue weighted by Gasteiger charge is -2.10. The van der Waals surface area contributed by atoms with Gasteiger partial charge >= 0.3 is 0 Å². The number of amides is 1. The van der Waals surface area contributed by atoms with Crippen LogP contribution >= 0.6 is 0 Å². The third-order valence-corrected chi connectivity index (χ3v) is 5.46. The zero-order valence-electron chi connectivity index (χ0n) is 14.3. The van der Waals surface area contributed by atoms with Crippen molar-refractivity contribution >= 4 is 26.7 Å². The number of nitrogens with one attached hydrogen (secondary N) is 1. The second-order valence-electron chi connectivity index (χ2n) is 5.99. The molecule has 8 heteroatoms. The van der Waals surface area contributed by atoms with Crippen LogP contribution < -0.4 is 10.3 Å². The van der Waals surface area contributed by atoms with Crippen molar-refractivity contribution in [3.05, 3.63) is 70.1 Å². The molecule has 0 fully saturated rings. The SMILES string of the molecule is Cc1ccc(S(=O)(=O)NC(=O)Cn2ncc3ccccc3c2=O)c(C)c1. The van der Waals surface area contributed by atoms with Crippen molar-refractivity contribution in [3.8, 4) is 0 Å². The quantitative estimate of drug-likeness (QED) is 0.750. The maximum atomic E-state index is 12.4. The fraction of sp³-hybridized carbons (Fsp3) is 0.167. The number of hydrogen-bond acceptors (Lipinski definition) is 5. The zero-order valence-corrected chi connectivity index (χ0v) is 15.1. The first-order valence-corrected chi connectivity index (χ1v) is 9.34. The van der Waals surface area contributed by atoms with Crippen LogP contribution in [0.15, 0.2) is 58.4 Å². The molecule has 0 aliphatic rings. The minimum absolute atomic E-state index is 0.0234. The highest BCUT2D eigenvalue weighted by Gasteiger charge is 2.20. The van der Waals surface area contributed by atoms with E-state index in [1.165, 1.54) is 12.3 Å². The first kappa shape index (κ1) is 17.8. The lowest BCUT2D eigenvalue weighted by Crippen LogP contribution is -2.37. The molecule has 26 heavy (non-hydrogen) atoms.